The molecule has 0 spiro atoms. The molecule has 8 heteroatoms. The third-order valence-corrected chi connectivity index (χ3v) is 5.09. The summed E-state index contributed by atoms with van der Waals surface area (Å²) >= 11 is 0. The summed E-state index contributed by atoms with van der Waals surface area (Å²) in [5.41, 5.74) is 0.205. The van der Waals surface area contributed by atoms with Gasteiger partial charge in [0.2, 0.25) is 5.88 Å². The first-order valence-electron chi connectivity index (χ1n) is 9.59. The van der Waals surface area contributed by atoms with Crippen LogP contribution in [0.25, 0.3) is 10.8 Å². The molecule has 0 aliphatic carbocycles. The number of pyridine rings is 1. The number of hydrogen-bond acceptors (Lipinski definition) is 3. The summed E-state index contributed by atoms with van der Waals surface area (Å²) in [7, 11) is 0. The van der Waals surface area contributed by atoms with Crippen LogP contribution in [-0.2, 0) is 12.7 Å². The van der Waals surface area contributed by atoms with Crippen molar-refractivity contribution in [2.24, 2.45) is 0 Å². The van der Waals surface area contributed by atoms with Gasteiger partial charge >= 0.3 is 12.2 Å². The van der Waals surface area contributed by atoms with Crippen molar-refractivity contribution in [3.05, 3.63) is 71.9 Å². The molecule has 2 amide bonds. The minimum absolute atomic E-state index is 0.0900. The lowest BCUT2D eigenvalue weighted by Gasteiger charge is -2.18. The number of fused-ring (bicyclic) bond motifs is 1. The van der Waals surface area contributed by atoms with Gasteiger partial charge in [0, 0.05) is 31.8 Å². The Morgan fingerprint density at radius 1 is 1.17 bits per heavy atom. The quantitative estimate of drug-likeness (QED) is 0.677. The number of halogens is 3. The summed E-state index contributed by atoms with van der Waals surface area (Å²) in [6.45, 7) is 1.14. The van der Waals surface area contributed by atoms with Gasteiger partial charge in [0.15, 0.2) is 0 Å². The van der Waals surface area contributed by atoms with Gasteiger partial charge in [-0.15, -0.1) is 0 Å². The number of alkyl halides is 3. The molecule has 2 aromatic carbocycles. The summed E-state index contributed by atoms with van der Waals surface area (Å²) in [4.78, 5) is 18.0. The Hall–Kier alpha value is -3.29. The van der Waals surface area contributed by atoms with Gasteiger partial charge in [0.05, 0.1) is 12.1 Å². The summed E-state index contributed by atoms with van der Waals surface area (Å²) in [6.07, 6.45) is -3.25. The van der Waals surface area contributed by atoms with Crippen LogP contribution in [0, 0.1) is 0 Å². The second-order valence-corrected chi connectivity index (χ2v) is 7.15. The second-order valence-electron chi connectivity index (χ2n) is 7.15. The van der Waals surface area contributed by atoms with Gasteiger partial charge in [0.25, 0.3) is 0 Å². The van der Waals surface area contributed by atoms with Crippen LogP contribution in [-0.4, -0.2) is 35.1 Å². The van der Waals surface area contributed by atoms with Crippen molar-refractivity contribution in [1.82, 2.24) is 15.2 Å². The smallest absolute Gasteiger partial charge is 0.416 e. The summed E-state index contributed by atoms with van der Waals surface area (Å²) in [6, 6.07) is 15.4. The van der Waals surface area contributed by atoms with Gasteiger partial charge in [-0.2, -0.15) is 13.2 Å². The zero-order valence-corrected chi connectivity index (χ0v) is 16.0. The van der Waals surface area contributed by atoms with Crippen molar-refractivity contribution in [3.8, 4) is 5.88 Å². The highest BCUT2D eigenvalue weighted by molar-refractivity contribution is 5.86. The van der Waals surface area contributed by atoms with Gasteiger partial charge in [0.1, 0.15) is 6.10 Å². The Morgan fingerprint density at radius 3 is 2.80 bits per heavy atom. The van der Waals surface area contributed by atoms with E-state index in [-0.39, 0.29) is 11.9 Å². The second kappa shape index (κ2) is 8.22. The molecular weight excluding hydrogens is 395 g/mol. The molecule has 1 aromatic heterocycles. The minimum atomic E-state index is -4.45. The predicted octanol–water partition coefficient (Wildman–Crippen LogP) is 4.62. The van der Waals surface area contributed by atoms with Gasteiger partial charge in [-0.25, -0.2) is 9.78 Å². The third kappa shape index (κ3) is 4.48. The van der Waals surface area contributed by atoms with Crippen molar-refractivity contribution in [2.45, 2.75) is 25.2 Å². The normalized spacial score (nSPS) is 16.6. The van der Waals surface area contributed by atoms with E-state index in [0.29, 0.717) is 26.1 Å². The van der Waals surface area contributed by atoms with Crippen LogP contribution in [0.3, 0.4) is 0 Å². The van der Waals surface area contributed by atoms with Gasteiger partial charge in [-0.3, -0.25) is 0 Å². The van der Waals surface area contributed by atoms with E-state index in [1.807, 2.05) is 42.5 Å². The Kier molecular flexibility index (Phi) is 5.48. The van der Waals surface area contributed by atoms with Gasteiger partial charge < -0.3 is 15.0 Å². The Morgan fingerprint density at radius 2 is 1.97 bits per heavy atom. The van der Waals surface area contributed by atoms with E-state index in [0.717, 1.165) is 34.7 Å². The summed E-state index contributed by atoms with van der Waals surface area (Å²) in [5.74, 6) is -0.0900. The molecule has 0 radical (unpaired) electrons. The van der Waals surface area contributed by atoms with E-state index < -0.39 is 17.8 Å². The Labute approximate surface area is 171 Å². The molecule has 0 bridgehead atoms. The lowest BCUT2D eigenvalue weighted by molar-refractivity contribution is -0.137. The highest BCUT2D eigenvalue weighted by Crippen LogP contribution is 2.31. The lowest BCUT2D eigenvalue weighted by atomic mass is 10.0. The van der Waals surface area contributed by atoms with E-state index >= 15 is 0 Å². The molecule has 30 heavy (non-hydrogen) atoms. The number of urea groups is 1. The molecular formula is C22H20F3N3O2. The molecule has 1 saturated heterocycles. The Bertz CT molecular complexity index is 1050. The molecule has 1 N–H and O–H groups in total. The first-order valence-corrected chi connectivity index (χ1v) is 9.59. The number of rotatable bonds is 4. The predicted molar refractivity (Wildman–Crippen MR) is 106 cm³/mol. The van der Waals surface area contributed by atoms with Crippen LogP contribution < -0.4 is 10.1 Å². The maximum atomic E-state index is 12.8. The molecule has 1 aliphatic heterocycles. The zero-order valence-electron chi connectivity index (χ0n) is 16.0. The fraction of sp³-hybridized carbons (Fsp3) is 0.273. The molecule has 3 aromatic rings. The van der Waals surface area contributed by atoms with E-state index in [1.165, 1.54) is 0 Å². The molecule has 4 rings (SSSR count). The van der Waals surface area contributed by atoms with Crippen LogP contribution in [0.15, 0.2) is 60.8 Å². The summed E-state index contributed by atoms with van der Waals surface area (Å²) in [5, 5.41) is 5.10. The first-order chi connectivity index (χ1) is 14.4. The van der Waals surface area contributed by atoms with E-state index in [9.17, 15) is 18.0 Å². The fourth-order valence-corrected chi connectivity index (χ4v) is 3.56. The average molecular weight is 415 g/mol. The number of hydrogen-bond donors (Lipinski definition) is 1. The van der Waals surface area contributed by atoms with E-state index in [4.69, 9.17) is 4.74 Å². The fourth-order valence-electron chi connectivity index (χ4n) is 3.56. The minimum Gasteiger partial charge on any atom is -0.472 e. The lowest BCUT2D eigenvalue weighted by Crippen LogP contribution is -2.39. The average Bonchev–Trinajstić information content (AvgIpc) is 3.20. The van der Waals surface area contributed by atoms with Crippen LogP contribution in [0.2, 0.25) is 0 Å². The van der Waals surface area contributed by atoms with Gasteiger partial charge in [-0.1, -0.05) is 42.5 Å². The SMILES string of the molecule is O=C(NCc1cccc2ccccc12)N1CC[C@H](Oc2cc(C(F)(F)F)ccn2)C1. The van der Waals surface area contributed by atoms with Crippen LogP contribution in [0.4, 0.5) is 18.0 Å². The number of aromatic nitrogens is 1. The molecule has 1 fully saturated rings. The summed E-state index contributed by atoms with van der Waals surface area (Å²) < 4.78 is 44.1. The molecule has 0 unspecified atom stereocenters. The highest BCUT2D eigenvalue weighted by Gasteiger charge is 2.32. The number of nitrogens with one attached hydrogen (secondary N) is 1. The number of carbonyl (C=O) groups excluding carboxylic acids is 1. The number of amides is 2. The van der Waals surface area contributed by atoms with E-state index in [1.54, 1.807) is 4.90 Å². The van der Waals surface area contributed by atoms with E-state index in [2.05, 4.69) is 10.3 Å². The largest absolute Gasteiger partial charge is 0.472 e. The number of benzene rings is 2. The van der Waals surface area contributed by atoms with Crippen LogP contribution in [0.5, 0.6) is 5.88 Å². The maximum absolute atomic E-state index is 12.8. The van der Waals surface area contributed by atoms with Gasteiger partial charge in [-0.05, 0) is 22.4 Å². The maximum Gasteiger partial charge on any atom is 0.416 e. The van der Waals surface area contributed by atoms with Crippen LogP contribution >= 0.6 is 0 Å². The van der Waals surface area contributed by atoms with Crippen molar-refractivity contribution in [2.75, 3.05) is 13.1 Å². The highest BCUT2D eigenvalue weighted by atomic mass is 19.4. The monoisotopic (exact) mass is 415 g/mol. The number of ether oxygens (including phenoxy) is 1. The number of likely N-dealkylation sites (tertiary alicyclic amines) is 1. The van der Waals surface area contributed by atoms with Crippen molar-refractivity contribution in [1.29, 1.82) is 0 Å². The first kappa shape index (κ1) is 20.0. The molecule has 1 aliphatic rings. The third-order valence-electron chi connectivity index (χ3n) is 5.09. The van der Waals surface area contributed by atoms with Crippen molar-refractivity contribution in [3.63, 3.8) is 0 Å². The number of nitrogens with zero attached hydrogens (tertiary/aromatic N) is 2. The topological polar surface area (TPSA) is 54.5 Å². The molecule has 1 atom stereocenters. The zero-order chi connectivity index (χ0) is 21.1. The number of carbonyl (C=O) groups is 1. The molecule has 5 nitrogen and oxygen atoms in total. The van der Waals surface area contributed by atoms with Crippen molar-refractivity contribution >= 4 is 16.8 Å². The molecule has 156 valence electrons. The molecule has 0 saturated carbocycles. The molecule has 2 heterocycles. The Balaban J connectivity index is 1.34. The standard InChI is InChI=1S/C22H20F3N3O2/c23-22(24,25)17-8-10-26-20(12-17)30-18-9-11-28(14-18)21(29)27-13-16-6-3-5-15-4-1-2-7-19(15)16/h1-8,10,12,18H,9,11,13-14H2,(H,27,29)/t18-/m0/s1. The van der Waals surface area contributed by atoms with Crippen molar-refractivity contribution < 1.29 is 22.7 Å². The van der Waals surface area contributed by atoms with Crippen LogP contribution in [0.1, 0.15) is 17.5 Å².